The highest BCUT2D eigenvalue weighted by Gasteiger charge is 2.27. The fourth-order valence-electron chi connectivity index (χ4n) is 1.79. The van der Waals surface area contributed by atoms with Crippen LogP contribution in [0, 0.1) is 5.92 Å². The van der Waals surface area contributed by atoms with Gasteiger partial charge in [-0.15, -0.1) is 6.58 Å². The second-order valence-corrected chi connectivity index (χ2v) is 3.82. The SMILES string of the molecule is C=CCNCC1COc2ccccc2C1=O. The predicted octanol–water partition coefficient (Wildman–Crippen LogP) is 1.65. The zero-order chi connectivity index (χ0) is 11.4. The molecule has 0 fully saturated rings. The maximum atomic E-state index is 12.1. The van der Waals surface area contributed by atoms with Crippen molar-refractivity contribution in [1.82, 2.24) is 5.32 Å². The average molecular weight is 217 g/mol. The Bertz CT molecular complexity index is 401. The van der Waals surface area contributed by atoms with Crippen molar-refractivity contribution in [2.45, 2.75) is 0 Å². The Morgan fingerprint density at radius 1 is 1.50 bits per heavy atom. The van der Waals surface area contributed by atoms with Crippen molar-refractivity contribution in [2.75, 3.05) is 19.7 Å². The number of benzene rings is 1. The number of ketones is 1. The van der Waals surface area contributed by atoms with Crippen molar-refractivity contribution in [3.05, 3.63) is 42.5 Å². The van der Waals surface area contributed by atoms with Crippen molar-refractivity contribution in [3.8, 4) is 5.75 Å². The highest BCUT2D eigenvalue weighted by molar-refractivity contribution is 6.01. The Morgan fingerprint density at radius 2 is 2.31 bits per heavy atom. The van der Waals surface area contributed by atoms with E-state index in [1.807, 2.05) is 24.3 Å². The number of hydrogen-bond acceptors (Lipinski definition) is 3. The largest absolute Gasteiger partial charge is 0.492 e. The van der Waals surface area contributed by atoms with E-state index in [1.54, 1.807) is 6.08 Å². The van der Waals surface area contributed by atoms with Crippen LogP contribution in [0.15, 0.2) is 36.9 Å². The van der Waals surface area contributed by atoms with E-state index >= 15 is 0 Å². The van der Waals surface area contributed by atoms with E-state index in [1.165, 1.54) is 0 Å². The van der Waals surface area contributed by atoms with Gasteiger partial charge in [-0.05, 0) is 12.1 Å². The van der Waals surface area contributed by atoms with Gasteiger partial charge in [0.15, 0.2) is 5.78 Å². The molecule has 0 spiro atoms. The van der Waals surface area contributed by atoms with Crippen LogP contribution in [0.4, 0.5) is 0 Å². The Labute approximate surface area is 95.1 Å². The van der Waals surface area contributed by atoms with Crippen LogP contribution >= 0.6 is 0 Å². The fourth-order valence-corrected chi connectivity index (χ4v) is 1.79. The van der Waals surface area contributed by atoms with E-state index in [-0.39, 0.29) is 11.7 Å². The first-order chi connectivity index (χ1) is 7.83. The number of nitrogens with one attached hydrogen (secondary N) is 1. The van der Waals surface area contributed by atoms with Crippen LogP contribution in [0.1, 0.15) is 10.4 Å². The van der Waals surface area contributed by atoms with Crippen LogP contribution in [-0.4, -0.2) is 25.5 Å². The zero-order valence-electron chi connectivity index (χ0n) is 9.11. The van der Waals surface area contributed by atoms with Gasteiger partial charge in [-0.2, -0.15) is 0 Å². The molecular formula is C13H15NO2. The van der Waals surface area contributed by atoms with Crippen molar-refractivity contribution >= 4 is 5.78 Å². The fraction of sp³-hybridized carbons (Fsp3) is 0.308. The van der Waals surface area contributed by atoms with Gasteiger partial charge in [-0.3, -0.25) is 4.79 Å². The van der Waals surface area contributed by atoms with Crippen molar-refractivity contribution in [3.63, 3.8) is 0 Å². The van der Waals surface area contributed by atoms with E-state index in [9.17, 15) is 4.79 Å². The number of rotatable bonds is 4. The van der Waals surface area contributed by atoms with Crippen molar-refractivity contribution < 1.29 is 9.53 Å². The molecule has 0 aromatic heterocycles. The van der Waals surface area contributed by atoms with Gasteiger partial charge in [-0.25, -0.2) is 0 Å². The molecule has 3 heteroatoms. The number of para-hydroxylation sites is 1. The number of carbonyl (C=O) groups excluding carboxylic acids is 1. The van der Waals surface area contributed by atoms with Crippen LogP contribution < -0.4 is 10.1 Å². The van der Waals surface area contributed by atoms with Gasteiger partial charge in [0, 0.05) is 13.1 Å². The predicted molar refractivity (Wildman–Crippen MR) is 62.8 cm³/mol. The highest BCUT2D eigenvalue weighted by atomic mass is 16.5. The zero-order valence-corrected chi connectivity index (χ0v) is 9.11. The molecule has 2 rings (SSSR count). The smallest absolute Gasteiger partial charge is 0.174 e. The van der Waals surface area contributed by atoms with Gasteiger partial charge in [0.1, 0.15) is 5.75 Å². The lowest BCUT2D eigenvalue weighted by molar-refractivity contribution is 0.0831. The first-order valence-corrected chi connectivity index (χ1v) is 5.40. The van der Waals surface area contributed by atoms with E-state index in [0.29, 0.717) is 31.0 Å². The number of Topliss-reactive ketones (excluding diaryl/α,β-unsaturated/α-hetero) is 1. The summed E-state index contributed by atoms with van der Waals surface area (Å²) in [5, 5.41) is 3.15. The molecule has 1 heterocycles. The molecule has 0 bridgehead atoms. The minimum Gasteiger partial charge on any atom is -0.492 e. The Hall–Kier alpha value is -1.61. The van der Waals surface area contributed by atoms with E-state index in [4.69, 9.17) is 4.74 Å². The topological polar surface area (TPSA) is 38.3 Å². The third-order valence-electron chi connectivity index (χ3n) is 2.64. The maximum absolute atomic E-state index is 12.1. The third kappa shape index (κ3) is 2.14. The second kappa shape index (κ2) is 4.94. The van der Waals surface area contributed by atoms with Gasteiger partial charge in [0.05, 0.1) is 18.1 Å². The number of fused-ring (bicyclic) bond motifs is 1. The Morgan fingerprint density at radius 3 is 3.12 bits per heavy atom. The van der Waals surface area contributed by atoms with Gasteiger partial charge in [0.25, 0.3) is 0 Å². The number of ether oxygens (including phenoxy) is 1. The molecule has 0 aliphatic carbocycles. The van der Waals surface area contributed by atoms with E-state index < -0.39 is 0 Å². The molecule has 0 saturated heterocycles. The van der Waals surface area contributed by atoms with Crippen LogP contribution in [0.2, 0.25) is 0 Å². The van der Waals surface area contributed by atoms with Gasteiger partial charge >= 0.3 is 0 Å². The first kappa shape index (κ1) is 10.9. The van der Waals surface area contributed by atoms with Crippen LogP contribution in [0.25, 0.3) is 0 Å². The standard InChI is InChI=1S/C13H15NO2/c1-2-7-14-8-10-9-16-12-6-4-3-5-11(12)13(10)15/h2-6,10,14H,1,7-9H2. The summed E-state index contributed by atoms with van der Waals surface area (Å²) in [6, 6.07) is 7.39. The molecule has 0 saturated carbocycles. The van der Waals surface area contributed by atoms with E-state index in [0.717, 1.165) is 0 Å². The summed E-state index contributed by atoms with van der Waals surface area (Å²) < 4.78 is 5.55. The Balaban J connectivity index is 2.06. The van der Waals surface area contributed by atoms with Gasteiger partial charge in [-0.1, -0.05) is 18.2 Å². The number of carbonyl (C=O) groups is 1. The number of hydrogen-bond donors (Lipinski definition) is 1. The maximum Gasteiger partial charge on any atom is 0.174 e. The monoisotopic (exact) mass is 217 g/mol. The molecule has 0 amide bonds. The Kier molecular flexibility index (Phi) is 3.37. The summed E-state index contributed by atoms with van der Waals surface area (Å²) in [4.78, 5) is 12.1. The molecule has 1 unspecified atom stereocenters. The molecule has 1 aromatic rings. The molecule has 1 aliphatic heterocycles. The molecule has 1 aromatic carbocycles. The minimum absolute atomic E-state index is 0.0881. The van der Waals surface area contributed by atoms with Crippen LogP contribution in [-0.2, 0) is 0 Å². The van der Waals surface area contributed by atoms with Gasteiger partial charge < -0.3 is 10.1 Å². The lowest BCUT2D eigenvalue weighted by Crippen LogP contribution is -2.36. The normalized spacial score (nSPS) is 18.8. The lowest BCUT2D eigenvalue weighted by Gasteiger charge is -2.23. The summed E-state index contributed by atoms with van der Waals surface area (Å²) in [5.74, 6) is 0.778. The summed E-state index contributed by atoms with van der Waals surface area (Å²) in [6.45, 7) is 5.43. The minimum atomic E-state index is -0.0881. The molecule has 84 valence electrons. The summed E-state index contributed by atoms with van der Waals surface area (Å²) in [5.41, 5.74) is 0.694. The molecule has 1 atom stereocenters. The lowest BCUT2D eigenvalue weighted by atomic mass is 9.95. The summed E-state index contributed by atoms with van der Waals surface area (Å²) >= 11 is 0. The summed E-state index contributed by atoms with van der Waals surface area (Å²) in [6.07, 6.45) is 1.78. The molecule has 3 nitrogen and oxygen atoms in total. The second-order valence-electron chi connectivity index (χ2n) is 3.82. The third-order valence-corrected chi connectivity index (χ3v) is 2.64. The quantitative estimate of drug-likeness (QED) is 0.615. The molecule has 1 aliphatic rings. The molecular weight excluding hydrogens is 202 g/mol. The molecule has 16 heavy (non-hydrogen) atoms. The van der Waals surface area contributed by atoms with E-state index in [2.05, 4.69) is 11.9 Å². The van der Waals surface area contributed by atoms with Crippen LogP contribution in [0.5, 0.6) is 5.75 Å². The average Bonchev–Trinajstić information content (AvgIpc) is 2.33. The van der Waals surface area contributed by atoms with Gasteiger partial charge in [0.2, 0.25) is 0 Å². The molecule has 1 N–H and O–H groups in total. The first-order valence-electron chi connectivity index (χ1n) is 5.40. The van der Waals surface area contributed by atoms with Crippen molar-refractivity contribution in [1.29, 1.82) is 0 Å². The molecule has 0 radical (unpaired) electrons. The summed E-state index contributed by atoms with van der Waals surface area (Å²) in [7, 11) is 0. The highest BCUT2D eigenvalue weighted by Crippen LogP contribution is 2.26. The van der Waals surface area contributed by atoms with Crippen LogP contribution in [0.3, 0.4) is 0 Å². The van der Waals surface area contributed by atoms with Crippen molar-refractivity contribution in [2.24, 2.45) is 5.92 Å².